The zero-order valence-electron chi connectivity index (χ0n) is 22.2. The Labute approximate surface area is 220 Å². The molecule has 1 aromatic heterocycles. The molecule has 1 atom stereocenters. The second-order valence-electron chi connectivity index (χ2n) is 10.5. The largest absolute Gasteiger partial charge is 0.488 e. The molecule has 36 heavy (non-hydrogen) atoms. The SMILES string of the molecule is CCN(CC)c1ccc(C=Nc2sc3c(c2C#N)CC[C@H](C(C)(C)C)C3)c(OCc2ccccc2)c1. The molecule has 0 radical (unpaired) electrons. The van der Waals surface area contributed by atoms with E-state index in [0.29, 0.717) is 12.5 Å². The molecule has 2 aromatic carbocycles. The topological polar surface area (TPSA) is 48.6 Å². The van der Waals surface area contributed by atoms with Crippen LogP contribution in [0.25, 0.3) is 0 Å². The standard InChI is InChI=1S/C31H37N3OS/c1-6-34(7-2)25-15-13-23(28(18-25)35-21-22-11-9-8-10-12-22)20-33-30-27(19-32)26-16-14-24(31(3,4)5)17-29(26)36-30/h8-13,15,18,20,24H,6-7,14,16-17,21H2,1-5H3/t24-/m0/s1. The molecule has 3 aromatic rings. The molecule has 0 amide bonds. The fourth-order valence-corrected chi connectivity index (χ4v) is 6.14. The van der Waals surface area contributed by atoms with Gasteiger partial charge in [0.05, 0.1) is 5.56 Å². The van der Waals surface area contributed by atoms with Gasteiger partial charge in [0.15, 0.2) is 0 Å². The lowest BCUT2D eigenvalue weighted by molar-refractivity contribution is 0.218. The Morgan fingerprint density at radius 3 is 2.56 bits per heavy atom. The summed E-state index contributed by atoms with van der Waals surface area (Å²) in [5.74, 6) is 1.44. The second-order valence-corrected chi connectivity index (χ2v) is 11.6. The smallest absolute Gasteiger partial charge is 0.134 e. The van der Waals surface area contributed by atoms with Gasteiger partial charge in [0, 0.05) is 41.5 Å². The van der Waals surface area contributed by atoms with E-state index >= 15 is 0 Å². The monoisotopic (exact) mass is 499 g/mol. The zero-order valence-corrected chi connectivity index (χ0v) is 23.0. The van der Waals surface area contributed by atoms with Crippen LogP contribution in [0, 0.1) is 22.7 Å². The summed E-state index contributed by atoms with van der Waals surface area (Å²) in [6, 6.07) is 19.0. The Hall–Kier alpha value is -3.10. The summed E-state index contributed by atoms with van der Waals surface area (Å²) in [5.41, 5.74) is 5.43. The summed E-state index contributed by atoms with van der Waals surface area (Å²) in [6.07, 6.45) is 5.01. The highest BCUT2D eigenvalue weighted by atomic mass is 32.1. The lowest BCUT2D eigenvalue weighted by atomic mass is 9.72. The van der Waals surface area contributed by atoms with Gasteiger partial charge in [-0.2, -0.15) is 5.26 Å². The van der Waals surface area contributed by atoms with Gasteiger partial charge in [-0.15, -0.1) is 11.3 Å². The van der Waals surface area contributed by atoms with E-state index in [1.165, 1.54) is 10.4 Å². The maximum Gasteiger partial charge on any atom is 0.134 e. The fourth-order valence-electron chi connectivity index (χ4n) is 4.92. The highest BCUT2D eigenvalue weighted by molar-refractivity contribution is 7.16. The molecule has 0 spiro atoms. The van der Waals surface area contributed by atoms with Crippen molar-refractivity contribution in [2.75, 3.05) is 18.0 Å². The van der Waals surface area contributed by atoms with E-state index in [0.717, 1.165) is 65.5 Å². The van der Waals surface area contributed by atoms with Gasteiger partial charge in [-0.25, -0.2) is 4.99 Å². The van der Waals surface area contributed by atoms with Gasteiger partial charge >= 0.3 is 0 Å². The predicted molar refractivity (Wildman–Crippen MR) is 152 cm³/mol. The third kappa shape index (κ3) is 5.82. The van der Waals surface area contributed by atoms with Crippen LogP contribution < -0.4 is 9.64 Å². The fraction of sp³-hybridized carbons (Fsp3) is 0.419. The second kappa shape index (κ2) is 11.3. The summed E-state index contributed by atoms with van der Waals surface area (Å²) in [5, 5.41) is 10.8. The Morgan fingerprint density at radius 1 is 1.14 bits per heavy atom. The van der Waals surface area contributed by atoms with Crippen molar-refractivity contribution in [1.82, 2.24) is 0 Å². The first-order valence-corrected chi connectivity index (χ1v) is 13.8. The van der Waals surface area contributed by atoms with Gasteiger partial charge in [0.2, 0.25) is 0 Å². The summed E-state index contributed by atoms with van der Waals surface area (Å²) in [4.78, 5) is 8.49. The van der Waals surface area contributed by atoms with E-state index in [1.807, 2.05) is 24.4 Å². The van der Waals surface area contributed by atoms with Crippen LogP contribution in [-0.4, -0.2) is 19.3 Å². The molecule has 0 saturated carbocycles. The Morgan fingerprint density at radius 2 is 1.89 bits per heavy atom. The lowest BCUT2D eigenvalue weighted by Crippen LogP contribution is -2.26. The average Bonchev–Trinajstić information content (AvgIpc) is 3.24. The van der Waals surface area contributed by atoms with Crippen molar-refractivity contribution in [3.63, 3.8) is 0 Å². The number of ether oxygens (including phenoxy) is 1. The van der Waals surface area contributed by atoms with Gasteiger partial charge in [-0.3, -0.25) is 0 Å². The molecule has 0 unspecified atom stereocenters. The van der Waals surface area contributed by atoms with Crippen molar-refractivity contribution in [3.05, 3.63) is 75.7 Å². The number of nitrogens with zero attached hydrogens (tertiary/aromatic N) is 3. The van der Waals surface area contributed by atoms with Crippen molar-refractivity contribution in [2.24, 2.45) is 16.3 Å². The number of fused-ring (bicyclic) bond motifs is 1. The van der Waals surface area contributed by atoms with E-state index < -0.39 is 0 Å². The molecule has 5 heteroatoms. The normalized spacial score (nSPS) is 15.5. The van der Waals surface area contributed by atoms with Crippen LogP contribution in [0.5, 0.6) is 5.75 Å². The van der Waals surface area contributed by atoms with E-state index in [2.05, 4.69) is 75.9 Å². The third-order valence-corrected chi connectivity index (χ3v) is 8.43. The molecule has 0 saturated heterocycles. The molecular formula is C31H37N3OS. The summed E-state index contributed by atoms with van der Waals surface area (Å²) in [7, 11) is 0. The quantitative estimate of drug-likeness (QED) is 0.296. The van der Waals surface area contributed by atoms with Crippen LogP contribution >= 0.6 is 11.3 Å². The van der Waals surface area contributed by atoms with Crippen LogP contribution in [0.3, 0.4) is 0 Å². The van der Waals surface area contributed by atoms with Crippen LogP contribution in [-0.2, 0) is 19.4 Å². The summed E-state index contributed by atoms with van der Waals surface area (Å²) in [6.45, 7) is 13.6. The van der Waals surface area contributed by atoms with Gasteiger partial charge in [-0.05, 0) is 67.7 Å². The lowest BCUT2D eigenvalue weighted by Gasteiger charge is -2.33. The molecule has 0 fully saturated rings. The van der Waals surface area contributed by atoms with Crippen molar-refractivity contribution >= 4 is 28.2 Å². The Kier molecular flexibility index (Phi) is 8.16. The first kappa shape index (κ1) is 26.0. The van der Waals surface area contributed by atoms with Crippen molar-refractivity contribution < 1.29 is 4.74 Å². The van der Waals surface area contributed by atoms with E-state index in [4.69, 9.17) is 9.73 Å². The first-order valence-electron chi connectivity index (χ1n) is 13.0. The molecule has 4 nitrogen and oxygen atoms in total. The number of hydrogen-bond donors (Lipinski definition) is 0. The Bertz CT molecular complexity index is 1240. The molecule has 0 aliphatic heterocycles. The number of aliphatic imine (C=N–C) groups is 1. The van der Waals surface area contributed by atoms with Gasteiger partial charge < -0.3 is 9.64 Å². The van der Waals surface area contributed by atoms with Crippen molar-refractivity contribution in [3.8, 4) is 11.8 Å². The number of thiophene rings is 1. The number of benzene rings is 2. The van der Waals surface area contributed by atoms with Crippen LogP contribution in [0.4, 0.5) is 10.7 Å². The van der Waals surface area contributed by atoms with Crippen molar-refractivity contribution in [2.45, 2.75) is 60.5 Å². The number of anilines is 1. The van der Waals surface area contributed by atoms with E-state index in [1.54, 1.807) is 11.3 Å². The van der Waals surface area contributed by atoms with Crippen LogP contribution in [0.2, 0.25) is 0 Å². The highest BCUT2D eigenvalue weighted by Crippen LogP contribution is 2.45. The molecule has 1 heterocycles. The minimum absolute atomic E-state index is 0.273. The highest BCUT2D eigenvalue weighted by Gasteiger charge is 2.32. The number of nitriles is 1. The van der Waals surface area contributed by atoms with Gasteiger partial charge in [0.25, 0.3) is 0 Å². The average molecular weight is 500 g/mol. The predicted octanol–water partition coefficient (Wildman–Crippen LogP) is 7.95. The maximum absolute atomic E-state index is 9.96. The van der Waals surface area contributed by atoms with Crippen LogP contribution in [0.1, 0.15) is 68.2 Å². The number of hydrogen-bond acceptors (Lipinski definition) is 5. The summed E-state index contributed by atoms with van der Waals surface area (Å²) < 4.78 is 6.30. The minimum Gasteiger partial charge on any atom is -0.488 e. The maximum atomic E-state index is 9.96. The third-order valence-electron chi connectivity index (χ3n) is 7.27. The molecular weight excluding hydrogens is 462 g/mol. The molecule has 0 bridgehead atoms. The van der Waals surface area contributed by atoms with Gasteiger partial charge in [0.1, 0.15) is 23.4 Å². The Balaban J connectivity index is 1.64. The van der Waals surface area contributed by atoms with E-state index in [-0.39, 0.29) is 5.41 Å². The van der Waals surface area contributed by atoms with E-state index in [9.17, 15) is 5.26 Å². The first-order chi connectivity index (χ1) is 17.3. The molecule has 1 aliphatic rings. The molecule has 4 rings (SSSR count). The molecule has 188 valence electrons. The molecule has 1 aliphatic carbocycles. The van der Waals surface area contributed by atoms with Crippen molar-refractivity contribution in [1.29, 1.82) is 5.26 Å². The number of rotatable bonds is 8. The van der Waals surface area contributed by atoms with Crippen LogP contribution in [0.15, 0.2) is 53.5 Å². The zero-order chi connectivity index (χ0) is 25.7. The molecule has 0 N–H and O–H groups in total. The minimum atomic E-state index is 0.273. The summed E-state index contributed by atoms with van der Waals surface area (Å²) >= 11 is 1.69. The van der Waals surface area contributed by atoms with Gasteiger partial charge in [-0.1, -0.05) is 51.1 Å².